The monoisotopic (exact) mass is 352 g/mol. The lowest BCUT2D eigenvalue weighted by Gasteiger charge is -2.18. The third-order valence-electron chi connectivity index (χ3n) is 3.69. The van der Waals surface area contributed by atoms with Gasteiger partial charge in [-0.15, -0.1) is 0 Å². The van der Waals surface area contributed by atoms with Crippen molar-refractivity contribution in [3.63, 3.8) is 0 Å². The second-order valence-electron chi connectivity index (χ2n) is 5.34. The number of hydrogen-bond donors (Lipinski definition) is 1. The molecule has 0 atom stereocenters. The fourth-order valence-electron chi connectivity index (χ4n) is 2.39. The van der Waals surface area contributed by atoms with Gasteiger partial charge in [0, 0.05) is 17.0 Å². The van der Waals surface area contributed by atoms with E-state index in [4.69, 9.17) is 11.6 Å². The molecule has 0 saturated carbocycles. The molecule has 1 aliphatic rings. The Labute approximate surface area is 138 Å². The lowest BCUT2D eigenvalue weighted by molar-refractivity contribution is 0.593. The molecule has 0 spiro atoms. The highest BCUT2D eigenvalue weighted by molar-refractivity contribution is 7.91. The molecule has 2 aromatic rings. The van der Waals surface area contributed by atoms with Gasteiger partial charge in [-0.2, -0.15) is 5.10 Å². The minimum absolute atomic E-state index is 0.0409. The van der Waals surface area contributed by atoms with Gasteiger partial charge < -0.3 is 0 Å². The van der Waals surface area contributed by atoms with Crippen LogP contribution in [-0.2, 0) is 9.84 Å². The molecule has 3 rings (SSSR count). The molecule has 0 bridgehead atoms. The zero-order chi connectivity index (χ0) is 16.6. The molecule has 1 N–H and O–H groups in total. The van der Waals surface area contributed by atoms with E-state index in [0.717, 1.165) is 11.6 Å². The average molecular weight is 353 g/mol. The number of halogens is 2. The van der Waals surface area contributed by atoms with E-state index in [-0.39, 0.29) is 17.1 Å². The van der Waals surface area contributed by atoms with Crippen molar-refractivity contribution in [2.45, 2.75) is 18.2 Å². The van der Waals surface area contributed by atoms with Gasteiger partial charge in [-0.25, -0.2) is 12.8 Å². The van der Waals surface area contributed by atoms with E-state index in [1.807, 2.05) is 19.1 Å². The summed E-state index contributed by atoms with van der Waals surface area (Å²) in [4.78, 5) is 0.118. The molecule has 0 unspecified atom stereocenters. The van der Waals surface area contributed by atoms with E-state index in [1.165, 1.54) is 12.1 Å². The lowest BCUT2D eigenvalue weighted by atomic mass is 10.1. The second kappa shape index (κ2) is 5.94. The highest BCUT2D eigenvalue weighted by Crippen LogP contribution is 2.27. The van der Waals surface area contributed by atoms with Crippen LogP contribution in [0.25, 0.3) is 0 Å². The Morgan fingerprint density at radius 2 is 2.00 bits per heavy atom. The summed E-state index contributed by atoms with van der Waals surface area (Å²) in [5.41, 5.74) is 5.29. The SMILES string of the molecule is Cc1ccc(NN=C2CCS(=O)(=O)c3ccc(F)cc32)cc1Cl. The zero-order valence-electron chi connectivity index (χ0n) is 12.3. The Morgan fingerprint density at radius 1 is 1.22 bits per heavy atom. The molecule has 0 saturated heterocycles. The van der Waals surface area contributed by atoms with Gasteiger partial charge in [0.05, 0.1) is 22.0 Å². The summed E-state index contributed by atoms with van der Waals surface area (Å²) in [5.74, 6) is -0.534. The van der Waals surface area contributed by atoms with Crippen molar-refractivity contribution in [1.82, 2.24) is 0 Å². The summed E-state index contributed by atoms with van der Waals surface area (Å²) in [6, 6.07) is 9.03. The van der Waals surface area contributed by atoms with Gasteiger partial charge in [0.1, 0.15) is 5.82 Å². The van der Waals surface area contributed by atoms with Crippen LogP contribution < -0.4 is 5.43 Å². The van der Waals surface area contributed by atoms with Gasteiger partial charge in [-0.3, -0.25) is 5.43 Å². The molecule has 1 aliphatic heterocycles. The van der Waals surface area contributed by atoms with Crippen molar-refractivity contribution in [3.05, 3.63) is 58.4 Å². The van der Waals surface area contributed by atoms with Crippen LogP contribution in [0.2, 0.25) is 5.02 Å². The number of sulfone groups is 1. The number of aryl methyl sites for hydroxylation is 1. The first-order valence-electron chi connectivity index (χ1n) is 6.98. The zero-order valence-corrected chi connectivity index (χ0v) is 13.9. The lowest BCUT2D eigenvalue weighted by Crippen LogP contribution is -2.23. The summed E-state index contributed by atoms with van der Waals surface area (Å²) in [6.45, 7) is 1.89. The predicted octanol–water partition coefficient (Wildman–Crippen LogP) is 3.78. The standard InChI is InChI=1S/C16H14ClFN2O2S/c1-10-2-4-12(9-14(10)17)19-20-15-6-7-23(21,22)16-5-3-11(18)8-13(15)16/h2-5,8-9,19H,6-7H2,1H3. The van der Waals surface area contributed by atoms with Gasteiger partial charge in [0.2, 0.25) is 0 Å². The molecule has 4 nitrogen and oxygen atoms in total. The highest BCUT2D eigenvalue weighted by Gasteiger charge is 2.28. The Morgan fingerprint density at radius 3 is 2.74 bits per heavy atom. The van der Waals surface area contributed by atoms with Crippen LogP contribution in [-0.4, -0.2) is 19.9 Å². The largest absolute Gasteiger partial charge is 0.278 e. The van der Waals surface area contributed by atoms with Crippen molar-refractivity contribution in [1.29, 1.82) is 0 Å². The summed E-state index contributed by atoms with van der Waals surface area (Å²) >= 11 is 6.06. The number of nitrogens with zero attached hydrogens (tertiary/aromatic N) is 1. The quantitative estimate of drug-likeness (QED) is 0.661. The number of fused-ring (bicyclic) bond motifs is 1. The molecule has 0 aliphatic carbocycles. The maximum absolute atomic E-state index is 13.5. The Kier molecular flexibility index (Phi) is 4.12. The number of hydrazone groups is 1. The smallest absolute Gasteiger partial charge is 0.179 e. The molecule has 0 fully saturated rings. The molecular formula is C16H14ClFN2O2S. The van der Waals surface area contributed by atoms with Crippen LogP contribution in [0.15, 0.2) is 46.4 Å². The van der Waals surface area contributed by atoms with Crippen LogP contribution in [0, 0.1) is 12.7 Å². The fraction of sp³-hybridized carbons (Fsp3) is 0.188. The van der Waals surface area contributed by atoms with Crippen molar-refractivity contribution in [3.8, 4) is 0 Å². The third kappa shape index (κ3) is 3.23. The van der Waals surface area contributed by atoms with Crippen molar-refractivity contribution >= 4 is 32.8 Å². The first-order valence-corrected chi connectivity index (χ1v) is 9.01. The fourth-order valence-corrected chi connectivity index (χ4v) is 4.03. The number of benzene rings is 2. The van der Waals surface area contributed by atoms with E-state index in [2.05, 4.69) is 10.5 Å². The maximum atomic E-state index is 13.5. The van der Waals surface area contributed by atoms with Crippen LogP contribution in [0.5, 0.6) is 0 Å². The average Bonchev–Trinajstić information content (AvgIpc) is 2.49. The predicted molar refractivity (Wildman–Crippen MR) is 89.4 cm³/mol. The van der Waals surface area contributed by atoms with Crippen molar-refractivity contribution < 1.29 is 12.8 Å². The van der Waals surface area contributed by atoms with E-state index in [1.54, 1.807) is 6.07 Å². The molecule has 0 amide bonds. The normalized spacial score (nSPS) is 17.8. The Hall–Kier alpha value is -1.92. The summed E-state index contributed by atoms with van der Waals surface area (Å²) in [6.07, 6.45) is 0.228. The molecule has 0 aromatic heterocycles. The Bertz CT molecular complexity index is 910. The molecule has 2 aromatic carbocycles. The molecular weight excluding hydrogens is 339 g/mol. The summed E-state index contributed by atoms with van der Waals surface area (Å²) in [5, 5.41) is 4.85. The van der Waals surface area contributed by atoms with Crippen LogP contribution in [0.1, 0.15) is 17.5 Å². The van der Waals surface area contributed by atoms with E-state index in [9.17, 15) is 12.8 Å². The van der Waals surface area contributed by atoms with E-state index in [0.29, 0.717) is 22.0 Å². The van der Waals surface area contributed by atoms with E-state index < -0.39 is 15.7 Å². The van der Waals surface area contributed by atoms with Gasteiger partial charge in [-0.1, -0.05) is 17.7 Å². The molecule has 7 heteroatoms. The third-order valence-corrected chi connectivity index (χ3v) is 5.86. The van der Waals surface area contributed by atoms with Crippen LogP contribution in [0.3, 0.4) is 0 Å². The van der Waals surface area contributed by atoms with Gasteiger partial charge >= 0.3 is 0 Å². The molecule has 120 valence electrons. The number of anilines is 1. The van der Waals surface area contributed by atoms with E-state index >= 15 is 0 Å². The molecule has 1 heterocycles. The first-order chi connectivity index (χ1) is 10.9. The highest BCUT2D eigenvalue weighted by atomic mass is 35.5. The maximum Gasteiger partial charge on any atom is 0.179 e. The van der Waals surface area contributed by atoms with Crippen molar-refractivity contribution in [2.24, 2.45) is 5.10 Å². The van der Waals surface area contributed by atoms with Gasteiger partial charge in [-0.05, 0) is 42.8 Å². The van der Waals surface area contributed by atoms with Crippen molar-refractivity contribution in [2.75, 3.05) is 11.2 Å². The minimum atomic E-state index is -3.38. The summed E-state index contributed by atoms with van der Waals surface area (Å²) in [7, 11) is -3.38. The topological polar surface area (TPSA) is 58.5 Å². The molecule has 23 heavy (non-hydrogen) atoms. The number of nitrogens with one attached hydrogen (secondary N) is 1. The van der Waals surface area contributed by atoms with Crippen LogP contribution >= 0.6 is 11.6 Å². The number of rotatable bonds is 2. The second-order valence-corrected chi connectivity index (χ2v) is 7.83. The molecule has 0 radical (unpaired) electrons. The van der Waals surface area contributed by atoms with Gasteiger partial charge in [0.25, 0.3) is 0 Å². The van der Waals surface area contributed by atoms with Gasteiger partial charge in [0.15, 0.2) is 9.84 Å². The number of hydrogen-bond acceptors (Lipinski definition) is 4. The summed E-state index contributed by atoms with van der Waals surface area (Å²) < 4.78 is 37.6. The first kappa shape index (κ1) is 16.0. The minimum Gasteiger partial charge on any atom is -0.278 e. The Balaban J connectivity index is 1.97. The van der Waals surface area contributed by atoms with Crippen LogP contribution in [0.4, 0.5) is 10.1 Å².